The summed E-state index contributed by atoms with van der Waals surface area (Å²) in [5, 5.41) is 6.02. The second-order valence-electron chi connectivity index (χ2n) is 7.37. The van der Waals surface area contributed by atoms with Gasteiger partial charge in [0, 0.05) is 31.7 Å². The Kier molecular flexibility index (Phi) is 7.23. The minimum atomic E-state index is -0.121. The molecular formula is C19H32N4O2. The highest BCUT2D eigenvalue weighted by atomic mass is 16.5. The van der Waals surface area contributed by atoms with Crippen molar-refractivity contribution in [2.75, 3.05) is 53.5 Å². The summed E-state index contributed by atoms with van der Waals surface area (Å²) in [5.41, 5.74) is 1.11. The van der Waals surface area contributed by atoms with Crippen LogP contribution in [0.25, 0.3) is 0 Å². The van der Waals surface area contributed by atoms with Crippen molar-refractivity contribution in [1.29, 1.82) is 0 Å². The molecule has 0 aromatic heterocycles. The molecule has 1 aromatic carbocycles. The predicted molar refractivity (Wildman–Crippen MR) is 101 cm³/mol. The van der Waals surface area contributed by atoms with E-state index < -0.39 is 0 Å². The third-order valence-electron chi connectivity index (χ3n) is 4.81. The van der Waals surface area contributed by atoms with E-state index in [1.54, 1.807) is 0 Å². The molecule has 2 N–H and O–H groups in total. The average Bonchev–Trinajstić information content (AvgIpc) is 2.61. The number of hydrogen-bond acceptors (Lipinski definition) is 4. The summed E-state index contributed by atoms with van der Waals surface area (Å²) in [6, 6.07) is 10.3. The van der Waals surface area contributed by atoms with Crippen molar-refractivity contribution < 1.29 is 9.53 Å². The van der Waals surface area contributed by atoms with Gasteiger partial charge in [-0.1, -0.05) is 30.3 Å². The molecule has 1 saturated heterocycles. The van der Waals surface area contributed by atoms with Crippen LogP contribution in [0.5, 0.6) is 0 Å². The van der Waals surface area contributed by atoms with Crippen molar-refractivity contribution in [2.24, 2.45) is 0 Å². The Labute approximate surface area is 151 Å². The lowest BCUT2D eigenvalue weighted by Crippen LogP contribution is -2.56. The number of morpholine rings is 1. The van der Waals surface area contributed by atoms with E-state index in [0.29, 0.717) is 13.1 Å². The highest BCUT2D eigenvalue weighted by molar-refractivity contribution is 5.74. The first-order valence-corrected chi connectivity index (χ1v) is 8.96. The molecule has 1 aromatic rings. The summed E-state index contributed by atoms with van der Waals surface area (Å²) in [6.45, 7) is 8.84. The van der Waals surface area contributed by atoms with Crippen LogP contribution in [0.2, 0.25) is 0 Å². The number of carbonyl (C=O) groups is 1. The predicted octanol–water partition coefficient (Wildman–Crippen LogP) is 1.70. The van der Waals surface area contributed by atoms with E-state index in [1.165, 1.54) is 5.56 Å². The highest BCUT2D eigenvalue weighted by Gasteiger charge is 2.28. The Bertz CT molecular complexity index is 527. The number of likely N-dealkylation sites (N-methyl/N-ethyl adjacent to an activating group) is 1. The number of ether oxygens (including phenoxy) is 1. The largest absolute Gasteiger partial charge is 0.379 e. The van der Waals surface area contributed by atoms with Crippen LogP contribution in [0.1, 0.15) is 25.5 Å². The number of carbonyl (C=O) groups excluding carboxylic acids is 1. The van der Waals surface area contributed by atoms with E-state index in [9.17, 15) is 4.79 Å². The van der Waals surface area contributed by atoms with Gasteiger partial charge in [-0.25, -0.2) is 4.79 Å². The first-order valence-electron chi connectivity index (χ1n) is 8.96. The molecule has 6 heteroatoms. The Morgan fingerprint density at radius 1 is 1.20 bits per heavy atom. The average molecular weight is 348 g/mol. The first kappa shape index (κ1) is 19.7. The molecule has 1 heterocycles. The van der Waals surface area contributed by atoms with Crippen LogP contribution in [-0.4, -0.2) is 74.9 Å². The van der Waals surface area contributed by atoms with Crippen molar-refractivity contribution in [2.45, 2.75) is 25.4 Å². The monoisotopic (exact) mass is 348 g/mol. The lowest BCUT2D eigenvalue weighted by molar-refractivity contribution is -0.00875. The van der Waals surface area contributed by atoms with E-state index in [4.69, 9.17) is 4.74 Å². The summed E-state index contributed by atoms with van der Waals surface area (Å²) < 4.78 is 5.40. The second-order valence-corrected chi connectivity index (χ2v) is 7.37. The van der Waals surface area contributed by atoms with Gasteiger partial charge in [-0.3, -0.25) is 4.90 Å². The molecule has 2 rings (SSSR count). The van der Waals surface area contributed by atoms with Crippen LogP contribution in [0, 0.1) is 0 Å². The Hall–Kier alpha value is -1.63. The summed E-state index contributed by atoms with van der Waals surface area (Å²) in [7, 11) is 4.05. The summed E-state index contributed by atoms with van der Waals surface area (Å²) in [6.07, 6.45) is 0. The van der Waals surface area contributed by atoms with Gasteiger partial charge in [0.2, 0.25) is 0 Å². The summed E-state index contributed by atoms with van der Waals surface area (Å²) in [5.74, 6) is 0. The SMILES string of the molecule is CN(C)C(CNC(=O)NCC(C)(C)N1CCOCC1)c1ccccc1. The Morgan fingerprint density at radius 2 is 1.84 bits per heavy atom. The molecule has 1 atom stereocenters. The number of urea groups is 1. The molecule has 0 bridgehead atoms. The quantitative estimate of drug-likeness (QED) is 0.787. The molecule has 1 fully saturated rings. The van der Waals surface area contributed by atoms with Gasteiger partial charge in [-0.2, -0.15) is 0 Å². The minimum Gasteiger partial charge on any atom is -0.379 e. The minimum absolute atomic E-state index is 0.0818. The number of amides is 2. The van der Waals surface area contributed by atoms with Crippen LogP contribution in [0.15, 0.2) is 30.3 Å². The third-order valence-corrected chi connectivity index (χ3v) is 4.81. The second kappa shape index (κ2) is 9.17. The maximum absolute atomic E-state index is 12.2. The number of benzene rings is 1. The van der Waals surface area contributed by atoms with Crippen molar-refractivity contribution in [3.63, 3.8) is 0 Å². The molecule has 1 aliphatic heterocycles. The van der Waals surface area contributed by atoms with Gasteiger partial charge in [0.05, 0.1) is 19.3 Å². The van der Waals surface area contributed by atoms with Crippen LogP contribution < -0.4 is 10.6 Å². The van der Waals surface area contributed by atoms with Crippen LogP contribution >= 0.6 is 0 Å². The molecule has 140 valence electrons. The van der Waals surface area contributed by atoms with Crippen molar-refractivity contribution >= 4 is 6.03 Å². The van der Waals surface area contributed by atoms with Crippen LogP contribution in [0.3, 0.4) is 0 Å². The molecule has 0 spiro atoms. The maximum atomic E-state index is 12.2. The molecule has 25 heavy (non-hydrogen) atoms. The fourth-order valence-electron chi connectivity index (χ4n) is 3.10. The normalized spacial score (nSPS) is 17.3. The van der Waals surface area contributed by atoms with Gasteiger partial charge >= 0.3 is 6.03 Å². The van der Waals surface area contributed by atoms with Crippen LogP contribution in [-0.2, 0) is 4.74 Å². The lowest BCUT2D eigenvalue weighted by Gasteiger charge is -2.40. The fourth-order valence-corrected chi connectivity index (χ4v) is 3.10. The summed E-state index contributed by atoms with van der Waals surface area (Å²) in [4.78, 5) is 16.7. The van der Waals surface area contributed by atoms with Gasteiger partial charge < -0.3 is 20.3 Å². The molecule has 1 aliphatic rings. The van der Waals surface area contributed by atoms with Gasteiger partial charge in [-0.15, -0.1) is 0 Å². The van der Waals surface area contributed by atoms with Gasteiger partial charge in [0.1, 0.15) is 0 Å². The number of nitrogens with zero attached hydrogens (tertiary/aromatic N) is 2. The van der Waals surface area contributed by atoms with E-state index in [-0.39, 0.29) is 17.6 Å². The molecular weight excluding hydrogens is 316 g/mol. The Morgan fingerprint density at radius 3 is 2.44 bits per heavy atom. The van der Waals surface area contributed by atoms with Crippen molar-refractivity contribution in [3.8, 4) is 0 Å². The molecule has 0 saturated carbocycles. The van der Waals surface area contributed by atoms with Gasteiger partial charge in [0.15, 0.2) is 0 Å². The molecule has 2 amide bonds. The van der Waals surface area contributed by atoms with Gasteiger partial charge in [-0.05, 0) is 33.5 Å². The van der Waals surface area contributed by atoms with Crippen molar-refractivity contribution in [3.05, 3.63) is 35.9 Å². The van der Waals surface area contributed by atoms with Crippen molar-refractivity contribution in [1.82, 2.24) is 20.4 Å². The number of hydrogen-bond donors (Lipinski definition) is 2. The topological polar surface area (TPSA) is 56.8 Å². The molecule has 0 aliphatic carbocycles. The molecule has 0 radical (unpaired) electrons. The van der Waals surface area contributed by atoms with Gasteiger partial charge in [0.25, 0.3) is 0 Å². The zero-order chi connectivity index (χ0) is 18.3. The number of nitrogens with one attached hydrogen (secondary N) is 2. The molecule has 1 unspecified atom stereocenters. The lowest BCUT2D eigenvalue weighted by atomic mass is 10.0. The van der Waals surface area contributed by atoms with Crippen LogP contribution in [0.4, 0.5) is 4.79 Å². The fraction of sp³-hybridized carbons (Fsp3) is 0.632. The first-order chi connectivity index (χ1) is 11.9. The van der Waals surface area contributed by atoms with E-state index >= 15 is 0 Å². The van der Waals surface area contributed by atoms with E-state index in [0.717, 1.165) is 26.3 Å². The molecule has 6 nitrogen and oxygen atoms in total. The Balaban J connectivity index is 1.81. The maximum Gasteiger partial charge on any atom is 0.314 e. The zero-order valence-electron chi connectivity index (χ0n) is 15.9. The van der Waals surface area contributed by atoms with E-state index in [1.807, 2.05) is 32.3 Å². The van der Waals surface area contributed by atoms with E-state index in [2.05, 4.69) is 46.4 Å². The zero-order valence-corrected chi connectivity index (χ0v) is 15.9. The highest BCUT2D eigenvalue weighted by Crippen LogP contribution is 2.17. The standard InChI is InChI=1S/C19H32N4O2/c1-19(2,23-10-12-25-13-11-23)15-21-18(24)20-14-17(22(3)4)16-8-6-5-7-9-16/h5-9,17H,10-15H2,1-4H3,(H2,20,21,24). The smallest absolute Gasteiger partial charge is 0.314 e. The summed E-state index contributed by atoms with van der Waals surface area (Å²) >= 11 is 0. The third kappa shape index (κ3) is 5.99. The number of rotatable bonds is 7.